The lowest BCUT2D eigenvalue weighted by Crippen LogP contribution is -1.93. The lowest BCUT2D eigenvalue weighted by atomic mass is 10.1. The molecule has 0 fully saturated rings. The summed E-state index contributed by atoms with van der Waals surface area (Å²) in [4.78, 5) is 4.73. The number of benzene rings is 1. The molecule has 0 radical (unpaired) electrons. The minimum absolute atomic E-state index is 0.422. The molecule has 2 heterocycles. The van der Waals surface area contributed by atoms with Crippen LogP contribution in [-0.4, -0.2) is 16.5 Å². The average molecular weight is 301 g/mol. The molecule has 1 aromatic carbocycles. The largest absolute Gasteiger partial charge is 0.496 e. The molecule has 21 heavy (non-hydrogen) atoms. The maximum Gasteiger partial charge on any atom is 0.137 e. The van der Waals surface area contributed by atoms with Crippen molar-refractivity contribution < 1.29 is 4.74 Å². The number of fused-ring (bicyclic) bond motifs is 1. The van der Waals surface area contributed by atoms with Crippen molar-refractivity contribution in [2.45, 2.75) is 19.7 Å². The molecule has 2 aromatic heterocycles. The minimum atomic E-state index is 0.422. The third-order valence-corrected chi connectivity index (χ3v) is 3.91. The van der Waals surface area contributed by atoms with Crippen molar-refractivity contribution >= 4 is 17.2 Å². The number of hydrogen-bond donors (Lipinski definition) is 0. The summed E-state index contributed by atoms with van der Waals surface area (Å²) in [6.07, 6.45) is 2.07. The molecular weight excluding hydrogens is 284 g/mol. The first-order chi connectivity index (χ1) is 10.1. The standard InChI is InChI=1S/C17H17ClN2O/c1-11-4-7-16-19-17(14(9-18)20(16)10-11)13-5-6-15(21-3)12(2)8-13/h4-8,10H,9H2,1-3H3. The third-order valence-electron chi connectivity index (χ3n) is 3.66. The van der Waals surface area contributed by atoms with Crippen LogP contribution in [0.2, 0.25) is 0 Å². The lowest BCUT2D eigenvalue weighted by molar-refractivity contribution is 0.412. The number of pyridine rings is 1. The quantitative estimate of drug-likeness (QED) is 0.672. The van der Waals surface area contributed by atoms with Crippen molar-refractivity contribution in [3.8, 4) is 17.0 Å². The van der Waals surface area contributed by atoms with E-state index in [-0.39, 0.29) is 0 Å². The van der Waals surface area contributed by atoms with Crippen molar-refractivity contribution in [1.82, 2.24) is 9.38 Å². The molecule has 3 rings (SSSR count). The smallest absolute Gasteiger partial charge is 0.137 e. The van der Waals surface area contributed by atoms with Crippen LogP contribution in [0.15, 0.2) is 36.5 Å². The number of imidazole rings is 1. The van der Waals surface area contributed by atoms with Gasteiger partial charge in [0, 0.05) is 11.8 Å². The normalized spacial score (nSPS) is 11.0. The van der Waals surface area contributed by atoms with Gasteiger partial charge in [-0.3, -0.25) is 0 Å². The third kappa shape index (κ3) is 2.38. The van der Waals surface area contributed by atoms with Crippen molar-refractivity contribution in [3.05, 3.63) is 53.3 Å². The summed E-state index contributed by atoms with van der Waals surface area (Å²) in [5.74, 6) is 1.30. The van der Waals surface area contributed by atoms with Gasteiger partial charge in [-0.25, -0.2) is 4.98 Å². The Hall–Kier alpha value is -2.00. The van der Waals surface area contributed by atoms with Gasteiger partial charge in [0.05, 0.1) is 24.4 Å². The van der Waals surface area contributed by atoms with Gasteiger partial charge in [-0.05, 0) is 49.2 Å². The highest BCUT2D eigenvalue weighted by Crippen LogP contribution is 2.29. The second kappa shape index (κ2) is 5.41. The molecule has 108 valence electrons. The van der Waals surface area contributed by atoms with Crippen molar-refractivity contribution in [3.63, 3.8) is 0 Å². The molecule has 3 aromatic rings. The number of rotatable bonds is 3. The van der Waals surface area contributed by atoms with Crippen LogP contribution in [0.3, 0.4) is 0 Å². The van der Waals surface area contributed by atoms with Crippen LogP contribution in [0.4, 0.5) is 0 Å². The summed E-state index contributed by atoms with van der Waals surface area (Å²) in [5.41, 5.74) is 6.19. The fourth-order valence-electron chi connectivity index (χ4n) is 2.58. The molecule has 0 atom stereocenters. The van der Waals surface area contributed by atoms with E-state index < -0.39 is 0 Å². The van der Waals surface area contributed by atoms with Crippen LogP contribution < -0.4 is 4.74 Å². The molecule has 0 saturated heterocycles. The fraction of sp³-hybridized carbons (Fsp3) is 0.235. The van der Waals surface area contributed by atoms with E-state index in [0.717, 1.165) is 33.9 Å². The van der Waals surface area contributed by atoms with Gasteiger partial charge in [0.15, 0.2) is 0 Å². The van der Waals surface area contributed by atoms with Crippen molar-refractivity contribution in [2.75, 3.05) is 7.11 Å². The van der Waals surface area contributed by atoms with E-state index in [4.69, 9.17) is 21.3 Å². The number of aromatic nitrogens is 2. The highest BCUT2D eigenvalue weighted by Gasteiger charge is 2.14. The molecule has 0 aliphatic heterocycles. The Kier molecular flexibility index (Phi) is 3.60. The van der Waals surface area contributed by atoms with Crippen LogP contribution in [0.5, 0.6) is 5.75 Å². The molecular formula is C17H17ClN2O. The Morgan fingerprint density at radius 3 is 2.67 bits per heavy atom. The molecule has 3 nitrogen and oxygen atoms in total. The molecule has 0 unspecified atom stereocenters. The first kappa shape index (κ1) is 14.0. The summed E-state index contributed by atoms with van der Waals surface area (Å²) in [6.45, 7) is 4.09. The Labute approximate surface area is 129 Å². The molecule has 0 amide bonds. The Morgan fingerprint density at radius 1 is 1.19 bits per heavy atom. The molecule has 0 N–H and O–H groups in total. The van der Waals surface area contributed by atoms with E-state index in [9.17, 15) is 0 Å². The molecule has 0 bridgehead atoms. The summed E-state index contributed by atoms with van der Waals surface area (Å²) in [6, 6.07) is 10.2. The number of halogens is 1. The number of methoxy groups -OCH3 is 1. The minimum Gasteiger partial charge on any atom is -0.496 e. The monoisotopic (exact) mass is 300 g/mol. The molecule has 0 spiro atoms. The van der Waals surface area contributed by atoms with Gasteiger partial charge in [-0.1, -0.05) is 6.07 Å². The Morgan fingerprint density at radius 2 is 2.00 bits per heavy atom. The van der Waals surface area contributed by atoms with E-state index >= 15 is 0 Å². The van der Waals surface area contributed by atoms with E-state index in [1.165, 1.54) is 5.56 Å². The number of nitrogens with zero attached hydrogens (tertiary/aromatic N) is 2. The van der Waals surface area contributed by atoms with Crippen molar-refractivity contribution in [2.24, 2.45) is 0 Å². The zero-order valence-electron chi connectivity index (χ0n) is 12.4. The van der Waals surface area contributed by atoms with Gasteiger partial charge in [-0.15, -0.1) is 11.6 Å². The SMILES string of the molecule is COc1ccc(-c2nc3ccc(C)cn3c2CCl)cc1C. The highest BCUT2D eigenvalue weighted by molar-refractivity contribution is 6.17. The molecule has 4 heteroatoms. The van der Waals surface area contributed by atoms with E-state index in [0.29, 0.717) is 5.88 Å². The van der Waals surface area contributed by atoms with Crippen LogP contribution in [0, 0.1) is 13.8 Å². The summed E-state index contributed by atoms with van der Waals surface area (Å²) in [5, 5.41) is 0. The fourth-order valence-corrected chi connectivity index (χ4v) is 2.84. The summed E-state index contributed by atoms with van der Waals surface area (Å²) < 4.78 is 7.38. The van der Waals surface area contributed by atoms with Gasteiger partial charge in [0.2, 0.25) is 0 Å². The van der Waals surface area contributed by atoms with Crippen LogP contribution in [0.25, 0.3) is 16.9 Å². The van der Waals surface area contributed by atoms with Crippen LogP contribution >= 0.6 is 11.6 Å². The van der Waals surface area contributed by atoms with E-state index in [2.05, 4.69) is 29.7 Å². The average Bonchev–Trinajstić information content (AvgIpc) is 2.84. The first-order valence-electron chi connectivity index (χ1n) is 6.82. The number of aryl methyl sites for hydroxylation is 2. The van der Waals surface area contributed by atoms with Crippen LogP contribution in [-0.2, 0) is 5.88 Å². The summed E-state index contributed by atoms with van der Waals surface area (Å²) in [7, 11) is 1.68. The van der Waals surface area contributed by atoms with Gasteiger partial charge in [0.1, 0.15) is 11.4 Å². The molecule has 0 aliphatic carbocycles. The maximum atomic E-state index is 6.17. The predicted octanol–water partition coefficient (Wildman–Crippen LogP) is 4.37. The van der Waals surface area contributed by atoms with Crippen LogP contribution in [0.1, 0.15) is 16.8 Å². The molecule has 0 saturated carbocycles. The Balaban J connectivity index is 2.22. The first-order valence-corrected chi connectivity index (χ1v) is 7.36. The van der Waals surface area contributed by atoms with Gasteiger partial charge < -0.3 is 9.14 Å². The van der Waals surface area contributed by atoms with E-state index in [1.807, 2.05) is 25.1 Å². The van der Waals surface area contributed by atoms with Gasteiger partial charge in [-0.2, -0.15) is 0 Å². The molecule has 0 aliphatic rings. The van der Waals surface area contributed by atoms with E-state index in [1.54, 1.807) is 7.11 Å². The zero-order chi connectivity index (χ0) is 15.0. The second-order valence-electron chi connectivity index (χ2n) is 5.16. The van der Waals surface area contributed by atoms with Gasteiger partial charge in [0.25, 0.3) is 0 Å². The number of ether oxygens (including phenoxy) is 1. The number of alkyl halides is 1. The topological polar surface area (TPSA) is 26.5 Å². The summed E-state index contributed by atoms with van der Waals surface area (Å²) >= 11 is 6.17. The second-order valence-corrected chi connectivity index (χ2v) is 5.43. The maximum absolute atomic E-state index is 6.17. The Bertz CT molecular complexity index is 808. The highest BCUT2D eigenvalue weighted by atomic mass is 35.5. The van der Waals surface area contributed by atoms with Crippen molar-refractivity contribution in [1.29, 1.82) is 0 Å². The zero-order valence-corrected chi connectivity index (χ0v) is 13.1. The number of hydrogen-bond acceptors (Lipinski definition) is 2. The predicted molar refractivity (Wildman–Crippen MR) is 86.2 cm³/mol. The lowest BCUT2D eigenvalue weighted by Gasteiger charge is -2.07. The van der Waals surface area contributed by atoms with Gasteiger partial charge >= 0.3 is 0 Å².